The molecule has 5 nitrogen and oxygen atoms in total. The molecular formula is C14H17N3O2S. The molecule has 1 unspecified atom stereocenters. The van der Waals surface area contributed by atoms with Crippen LogP contribution in [0.3, 0.4) is 0 Å². The van der Waals surface area contributed by atoms with Crippen molar-refractivity contribution in [3.8, 4) is 5.75 Å². The summed E-state index contributed by atoms with van der Waals surface area (Å²) in [7, 11) is 1.68. The lowest BCUT2D eigenvalue weighted by atomic mass is 10.0. The lowest BCUT2D eigenvalue weighted by molar-refractivity contribution is -0.0128. The van der Waals surface area contributed by atoms with Gasteiger partial charge < -0.3 is 9.47 Å². The summed E-state index contributed by atoms with van der Waals surface area (Å²) in [6.45, 7) is 3.22. The van der Waals surface area contributed by atoms with Gasteiger partial charge in [-0.2, -0.15) is 0 Å². The largest absolute Gasteiger partial charge is 0.497 e. The maximum Gasteiger partial charge on any atom is 0.131 e. The Hall–Kier alpha value is -1.50. The minimum atomic E-state index is 0.263. The summed E-state index contributed by atoms with van der Waals surface area (Å²) in [5.74, 6) is 0.876. The zero-order chi connectivity index (χ0) is 13.8. The standard InChI is InChI=1S/C14H17N3O2S/c1-18-12-4-2-11(3-5-12)13-9-19-7-6-17(13)8-14-16-15-10-20-14/h2-5,10,13H,6-9H2,1H3. The second-order valence-electron chi connectivity index (χ2n) is 4.67. The molecule has 0 bridgehead atoms. The molecule has 2 heterocycles. The van der Waals surface area contributed by atoms with E-state index in [4.69, 9.17) is 9.47 Å². The van der Waals surface area contributed by atoms with E-state index in [0.717, 1.165) is 30.5 Å². The summed E-state index contributed by atoms with van der Waals surface area (Å²) in [5.41, 5.74) is 3.02. The first kappa shape index (κ1) is 13.5. The molecule has 0 spiro atoms. The predicted octanol–water partition coefficient (Wildman–Crippen LogP) is 2.12. The first-order valence-electron chi connectivity index (χ1n) is 6.57. The van der Waals surface area contributed by atoms with Crippen molar-refractivity contribution in [1.29, 1.82) is 0 Å². The monoisotopic (exact) mass is 291 g/mol. The fourth-order valence-corrected chi connectivity index (χ4v) is 2.95. The van der Waals surface area contributed by atoms with Crippen LogP contribution in [0, 0.1) is 0 Å². The van der Waals surface area contributed by atoms with Gasteiger partial charge in [0.25, 0.3) is 0 Å². The molecule has 0 amide bonds. The third kappa shape index (κ3) is 2.98. The second kappa shape index (κ2) is 6.30. The fourth-order valence-electron chi connectivity index (χ4n) is 2.40. The van der Waals surface area contributed by atoms with E-state index >= 15 is 0 Å². The number of ether oxygens (including phenoxy) is 2. The Balaban J connectivity index is 1.77. The van der Waals surface area contributed by atoms with E-state index in [9.17, 15) is 0 Å². The van der Waals surface area contributed by atoms with Crippen molar-refractivity contribution < 1.29 is 9.47 Å². The van der Waals surface area contributed by atoms with Crippen LogP contribution in [0.15, 0.2) is 29.8 Å². The van der Waals surface area contributed by atoms with Gasteiger partial charge in [-0.1, -0.05) is 12.1 Å². The summed E-state index contributed by atoms with van der Waals surface area (Å²) in [4.78, 5) is 2.39. The lowest BCUT2D eigenvalue weighted by Crippen LogP contribution is -2.38. The van der Waals surface area contributed by atoms with Crippen LogP contribution in [-0.4, -0.2) is 42.0 Å². The average Bonchev–Trinajstić information content (AvgIpc) is 3.01. The van der Waals surface area contributed by atoms with E-state index in [0.29, 0.717) is 6.61 Å². The van der Waals surface area contributed by atoms with E-state index in [1.165, 1.54) is 5.56 Å². The van der Waals surface area contributed by atoms with Gasteiger partial charge in [-0.15, -0.1) is 21.5 Å². The molecule has 6 heteroatoms. The molecular weight excluding hydrogens is 274 g/mol. The van der Waals surface area contributed by atoms with Gasteiger partial charge in [0, 0.05) is 6.54 Å². The van der Waals surface area contributed by atoms with Crippen molar-refractivity contribution in [2.75, 3.05) is 26.9 Å². The summed E-state index contributed by atoms with van der Waals surface area (Å²) in [6.07, 6.45) is 0. The van der Waals surface area contributed by atoms with Crippen LogP contribution < -0.4 is 4.74 Å². The number of rotatable bonds is 4. The molecule has 3 rings (SSSR count). The number of aromatic nitrogens is 2. The van der Waals surface area contributed by atoms with Gasteiger partial charge in [0.1, 0.15) is 16.3 Å². The van der Waals surface area contributed by atoms with Crippen molar-refractivity contribution in [3.63, 3.8) is 0 Å². The van der Waals surface area contributed by atoms with Crippen LogP contribution in [0.1, 0.15) is 16.6 Å². The molecule has 1 saturated heterocycles. The summed E-state index contributed by atoms with van der Waals surface area (Å²) >= 11 is 1.60. The fraction of sp³-hybridized carbons (Fsp3) is 0.429. The number of benzene rings is 1. The third-order valence-corrected chi connectivity index (χ3v) is 4.17. The highest BCUT2D eigenvalue weighted by Gasteiger charge is 2.25. The highest BCUT2D eigenvalue weighted by Crippen LogP contribution is 2.27. The average molecular weight is 291 g/mol. The van der Waals surface area contributed by atoms with Crippen LogP contribution in [0.25, 0.3) is 0 Å². The smallest absolute Gasteiger partial charge is 0.131 e. The molecule has 1 aliphatic heterocycles. The normalized spacial score (nSPS) is 19.9. The molecule has 20 heavy (non-hydrogen) atoms. The first-order valence-corrected chi connectivity index (χ1v) is 7.45. The number of hydrogen-bond donors (Lipinski definition) is 0. The maximum absolute atomic E-state index is 5.64. The highest BCUT2D eigenvalue weighted by atomic mass is 32.1. The van der Waals surface area contributed by atoms with E-state index < -0.39 is 0 Å². The molecule has 0 N–H and O–H groups in total. The van der Waals surface area contributed by atoms with Gasteiger partial charge >= 0.3 is 0 Å². The van der Waals surface area contributed by atoms with Gasteiger partial charge in [-0.05, 0) is 17.7 Å². The Kier molecular flexibility index (Phi) is 4.25. The quantitative estimate of drug-likeness (QED) is 0.863. The molecule has 0 saturated carbocycles. The van der Waals surface area contributed by atoms with Crippen LogP contribution in [-0.2, 0) is 11.3 Å². The lowest BCUT2D eigenvalue weighted by Gasteiger charge is -2.35. The number of hydrogen-bond acceptors (Lipinski definition) is 6. The van der Waals surface area contributed by atoms with Crippen LogP contribution in [0.2, 0.25) is 0 Å². The van der Waals surface area contributed by atoms with E-state index in [-0.39, 0.29) is 6.04 Å². The molecule has 0 radical (unpaired) electrons. The maximum atomic E-state index is 5.64. The molecule has 0 aliphatic carbocycles. The van der Waals surface area contributed by atoms with Crippen LogP contribution in [0.5, 0.6) is 5.75 Å². The Morgan fingerprint density at radius 3 is 2.95 bits per heavy atom. The van der Waals surface area contributed by atoms with Crippen LogP contribution >= 0.6 is 11.3 Å². The number of nitrogens with zero attached hydrogens (tertiary/aromatic N) is 3. The predicted molar refractivity (Wildman–Crippen MR) is 76.9 cm³/mol. The van der Waals surface area contributed by atoms with Crippen molar-refractivity contribution >= 4 is 11.3 Å². The summed E-state index contributed by atoms with van der Waals surface area (Å²) in [5, 5.41) is 9.08. The Labute approximate surface area is 122 Å². The molecule has 106 valence electrons. The first-order chi connectivity index (χ1) is 9.86. The van der Waals surface area contributed by atoms with Crippen LogP contribution in [0.4, 0.5) is 0 Å². The molecule has 2 aromatic rings. The minimum Gasteiger partial charge on any atom is -0.497 e. The van der Waals surface area contributed by atoms with Gasteiger partial charge in [0.15, 0.2) is 0 Å². The molecule has 1 aliphatic rings. The summed E-state index contributed by atoms with van der Waals surface area (Å²) < 4.78 is 10.8. The van der Waals surface area contributed by atoms with E-state index in [1.807, 2.05) is 12.1 Å². The van der Waals surface area contributed by atoms with Gasteiger partial charge in [-0.3, -0.25) is 4.90 Å². The number of morpholine rings is 1. The van der Waals surface area contributed by atoms with Crippen molar-refractivity contribution in [2.45, 2.75) is 12.6 Å². The molecule has 1 aromatic heterocycles. The third-order valence-electron chi connectivity index (χ3n) is 3.48. The Bertz CT molecular complexity index is 530. The van der Waals surface area contributed by atoms with Gasteiger partial charge in [-0.25, -0.2) is 0 Å². The number of methoxy groups -OCH3 is 1. The zero-order valence-corrected chi connectivity index (χ0v) is 12.2. The molecule has 1 fully saturated rings. The zero-order valence-electron chi connectivity index (χ0n) is 11.4. The summed E-state index contributed by atoms with van der Waals surface area (Å²) in [6, 6.07) is 8.45. The van der Waals surface area contributed by atoms with Gasteiger partial charge in [0.05, 0.1) is 32.9 Å². The minimum absolute atomic E-state index is 0.263. The van der Waals surface area contributed by atoms with Gasteiger partial charge in [0.2, 0.25) is 0 Å². The Morgan fingerprint density at radius 2 is 2.25 bits per heavy atom. The van der Waals surface area contributed by atoms with E-state index in [1.54, 1.807) is 24.0 Å². The SMILES string of the molecule is COc1ccc(C2COCCN2Cc2nncs2)cc1. The van der Waals surface area contributed by atoms with Crippen molar-refractivity contribution in [1.82, 2.24) is 15.1 Å². The molecule has 1 atom stereocenters. The van der Waals surface area contributed by atoms with Crippen molar-refractivity contribution in [3.05, 3.63) is 40.3 Å². The molecule has 1 aromatic carbocycles. The van der Waals surface area contributed by atoms with E-state index in [2.05, 4.69) is 27.2 Å². The topological polar surface area (TPSA) is 47.5 Å². The van der Waals surface area contributed by atoms with Crippen molar-refractivity contribution in [2.24, 2.45) is 0 Å². The Morgan fingerprint density at radius 1 is 1.40 bits per heavy atom. The second-order valence-corrected chi connectivity index (χ2v) is 5.58. The highest BCUT2D eigenvalue weighted by molar-refractivity contribution is 7.09.